The van der Waals surface area contributed by atoms with Crippen molar-refractivity contribution in [3.8, 4) is 5.88 Å². The monoisotopic (exact) mass is 152 g/mol. The first-order valence-corrected chi connectivity index (χ1v) is 3.96. The largest absolute Gasteiger partial charge is 0.481 e. The smallest absolute Gasteiger partial charge is 0.210 e. The molecule has 0 aromatic carbocycles. The van der Waals surface area contributed by atoms with Gasteiger partial charge in [-0.25, -0.2) is 4.98 Å². The topological polar surface area (TPSA) is 37.9 Å². The van der Waals surface area contributed by atoms with Crippen LogP contribution in [0, 0.1) is 5.92 Å². The predicted molar refractivity (Wildman–Crippen MR) is 41.6 cm³/mol. The van der Waals surface area contributed by atoms with E-state index in [1.807, 2.05) is 0 Å². The molecule has 0 aliphatic heterocycles. The molecule has 1 fully saturated rings. The van der Waals surface area contributed by atoms with Crippen molar-refractivity contribution >= 4 is 0 Å². The molecule has 2 rings (SSSR count). The Labute approximate surface area is 65.8 Å². The van der Waals surface area contributed by atoms with E-state index in [1.165, 1.54) is 12.8 Å². The van der Waals surface area contributed by atoms with Gasteiger partial charge in [-0.2, -0.15) is 0 Å². The summed E-state index contributed by atoms with van der Waals surface area (Å²) in [7, 11) is 1.65. The van der Waals surface area contributed by atoms with Gasteiger partial charge in [-0.3, -0.25) is 0 Å². The number of rotatable bonds is 3. The third kappa shape index (κ3) is 1.53. The average Bonchev–Trinajstić information content (AvgIpc) is 2.68. The lowest BCUT2D eigenvalue weighted by Gasteiger charge is -1.92. The van der Waals surface area contributed by atoms with Crippen LogP contribution in [0.3, 0.4) is 0 Å². The van der Waals surface area contributed by atoms with Crippen LogP contribution in [0.5, 0.6) is 5.88 Å². The number of nitrogens with zero attached hydrogens (tertiary/aromatic N) is 1. The number of aromatic amines is 1. The Morgan fingerprint density at radius 2 is 2.55 bits per heavy atom. The minimum atomic E-state index is 0.764. The zero-order chi connectivity index (χ0) is 7.68. The molecule has 1 aliphatic carbocycles. The number of hydrogen-bond donors (Lipinski definition) is 1. The number of H-pyrrole nitrogens is 1. The van der Waals surface area contributed by atoms with Gasteiger partial charge < -0.3 is 9.72 Å². The molecule has 0 amide bonds. The summed E-state index contributed by atoms with van der Waals surface area (Å²) in [5, 5.41) is 0. The van der Waals surface area contributed by atoms with Crippen molar-refractivity contribution in [1.29, 1.82) is 0 Å². The highest BCUT2D eigenvalue weighted by molar-refractivity contribution is 5.08. The van der Waals surface area contributed by atoms with E-state index < -0.39 is 0 Å². The Hall–Kier alpha value is -0.990. The molecule has 0 spiro atoms. The maximum atomic E-state index is 4.98. The molecule has 1 aromatic heterocycles. The maximum absolute atomic E-state index is 4.98. The number of imidazole rings is 1. The summed E-state index contributed by atoms with van der Waals surface area (Å²) in [4.78, 5) is 7.29. The van der Waals surface area contributed by atoms with Gasteiger partial charge in [0.1, 0.15) is 5.82 Å². The normalized spacial score (nSPS) is 16.8. The first-order chi connectivity index (χ1) is 5.38. The van der Waals surface area contributed by atoms with E-state index in [0.29, 0.717) is 0 Å². The Kier molecular flexibility index (Phi) is 1.56. The van der Waals surface area contributed by atoms with Gasteiger partial charge in [-0.15, -0.1) is 0 Å². The molecule has 1 N–H and O–H groups in total. The lowest BCUT2D eigenvalue weighted by Crippen LogP contribution is -1.89. The molecule has 1 aromatic rings. The molecular formula is C8H12N2O. The van der Waals surface area contributed by atoms with Crippen molar-refractivity contribution in [3.05, 3.63) is 12.0 Å². The van der Waals surface area contributed by atoms with Gasteiger partial charge in [0.2, 0.25) is 5.88 Å². The van der Waals surface area contributed by atoms with Crippen molar-refractivity contribution in [1.82, 2.24) is 9.97 Å². The molecule has 0 bridgehead atoms. The van der Waals surface area contributed by atoms with Gasteiger partial charge in [0.15, 0.2) is 0 Å². The zero-order valence-corrected chi connectivity index (χ0v) is 6.63. The van der Waals surface area contributed by atoms with Crippen LogP contribution in [0.2, 0.25) is 0 Å². The van der Waals surface area contributed by atoms with E-state index in [2.05, 4.69) is 9.97 Å². The summed E-state index contributed by atoms with van der Waals surface area (Å²) >= 11 is 0. The fourth-order valence-electron chi connectivity index (χ4n) is 1.15. The summed E-state index contributed by atoms with van der Waals surface area (Å²) in [6.07, 6.45) is 5.55. The van der Waals surface area contributed by atoms with Gasteiger partial charge in [-0.05, 0) is 18.8 Å². The number of ether oxygens (including phenoxy) is 1. The van der Waals surface area contributed by atoms with E-state index in [4.69, 9.17) is 4.74 Å². The van der Waals surface area contributed by atoms with E-state index in [-0.39, 0.29) is 0 Å². The molecule has 1 aliphatic rings. The third-order valence-corrected chi connectivity index (χ3v) is 2.00. The molecule has 11 heavy (non-hydrogen) atoms. The molecule has 0 radical (unpaired) electrons. The van der Waals surface area contributed by atoms with E-state index in [1.54, 1.807) is 13.3 Å². The summed E-state index contributed by atoms with van der Waals surface area (Å²) in [6.45, 7) is 0. The molecule has 0 unspecified atom stereocenters. The van der Waals surface area contributed by atoms with Crippen LogP contribution in [-0.4, -0.2) is 17.1 Å². The van der Waals surface area contributed by atoms with Crippen LogP contribution in [0.15, 0.2) is 6.20 Å². The third-order valence-electron chi connectivity index (χ3n) is 2.00. The highest BCUT2D eigenvalue weighted by Gasteiger charge is 2.22. The average molecular weight is 152 g/mol. The van der Waals surface area contributed by atoms with Gasteiger partial charge in [-0.1, -0.05) is 0 Å². The lowest BCUT2D eigenvalue weighted by atomic mass is 10.3. The molecule has 0 saturated heterocycles. The molecule has 1 saturated carbocycles. The van der Waals surface area contributed by atoms with Crippen molar-refractivity contribution < 1.29 is 4.74 Å². The van der Waals surface area contributed by atoms with Crippen LogP contribution in [0.4, 0.5) is 0 Å². The Morgan fingerprint density at radius 3 is 3.09 bits per heavy atom. The van der Waals surface area contributed by atoms with Crippen LogP contribution in [0.25, 0.3) is 0 Å². The number of aromatic nitrogens is 2. The van der Waals surface area contributed by atoms with Gasteiger partial charge in [0, 0.05) is 6.42 Å². The highest BCUT2D eigenvalue weighted by atomic mass is 16.5. The molecular weight excluding hydrogens is 140 g/mol. The van der Waals surface area contributed by atoms with E-state index >= 15 is 0 Å². The van der Waals surface area contributed by atoms with Crippen LogP contribution < -0.4 is 4.74 Å². The fraction of sp³-hybridized carbons (Fsp3) is 0.625. The van der Waals surface area contributed by atoms with Crippen molar-refractivity contribution in [2.24, 2.45) is 5.92 Å². The highest BCUT2D eigenvalue weighted by Crippen LogP contribution is 2.31. The van der Waals surface area contributed by atoms with Gasteiger partial charge in [0.05, 0.1) is 13.3 Å². The maximum Gasteiger partial charge on any atom is 0.210 e. The minimum Gasteiger partial charge on any atom is -0.481 e. The summed E-state index contributed by atoms with van der Waals surface area (Å²) in [5.74, 6) is 2.70. The minimum absolute atomic E-state index is 0.764. The second-order valence-corrected chi connectivity index (χ2v) is 3.05. The number of nitrogens with one attached hydrogen (secondary N) is 1. The zero-order valence-electron chi connectivity index (χ0n) is 6.63. The van der Waals surface area contributed by atoms with Crippen molar-refractivity contribution in [3.63, 3.8) is 0 Å². The van der Waals surface area contributed by atoms with Gasteiger partial charge >= 0.3 is 0 Å². The van der Waals surface area contributed by atoms with Gasteiger partial charge in [0.25, 0.3) is 0 Å². The fourth-order valence-corrected chi connectivity index (χ4v) is 1.15. The van der Waals surface area contributed by atoms with E-state index in [9.17, 15) is 0 Å². The van der Waals surface area contributed by atoms with Crippen molar-refractivity contribution in [2.45, 2.75) is 19.3 Å². The molecule has 60 valence electrons. The summed E-state index contributed by atoms with van der Waals surface area (Å²) in [6, 6.07) is 0. The van der Waals surface area contributed by atoms with Crippen molar-refractivity contribution in [2.75, 3.05) is 7.11 Å². The Morgan fingerprint density at radius 1 is 1.73 bits per heavy atom. The molecule has 1 heterocycles. The first-order valence-electron chi connectivity index (χ1n) is 3.96. The first kappa shape index (κ1) is 6.70. The molecule has 3 nitrogen and oxygen atoms in total. The SMILES string of the molecule is COc1cnc(CC2CC2)[nH]1. The summed E-state index contributed by atoms with van der Waals surface area (Å²) in [5.41, 5.74) is 0. The number of hydrogen-bond acceptors (Lipinski definition) is 2. The number of methoxy groups -OCH3 is 1. The van der Waals surface area contributed by atoms with Crippen LogP contribution >= 0.6 is 0 Å². The second kappa shape index (κ2) is 2.57. The second-order valence-electron chi connectivity index (χ2n) is 3.05. The lowest BCUT2D eigenvalue weighted by molar-refractivity contribution is 0.399. The standard InChI is InChI=1S/C8H12N2O/c1-11-8-5-9-7(10-8)4-6-2-3-6/h5-6H,2-4H2,1H3,(H,9,10). The van der Waals surface area contributed by atoms with E-state index in [0.717, 1.165) is 24.0 Å². The predicted octanol–water partition coefficient (Wildman–Crippen LogP) is 1.37. The van der Waals surface area contributed by atoms with Crippen LogP contribution in [0.1, 0.15) is 18.7 Å². The Balaban J connectivity index is 1.99. The Bertz CT molecular complexity index is 240. The summed E-state index contributed by atoms with van der Waals surface area (Å²) < 4.78 is 4.98. The molecule has 3 heteroatoms. The van der Waals surface area contributed by atoms with Crippen LogP contribution in [-0.2, 0) is 6.42 Å². The quantitative estimate of drug-likeness (QED) is 0.710. The molecule has 0 atom stereocenters.